The van der Waals surface area contributed by atoms with Gasteiger partial charge in [0.05, 0.1) is 12.5 Å². The van der Waals surface area contributed by atoms with Crippen molar-refractivity contribution < 1.29 is 9.90 Å². The number of carboxylic acids is 1. The van der Waals surface area contributed by atoms with E-state index in [1.807, 2.05) is 0 Å². The summed E-state index contributed by atoms with van der Waals surface area (Å²) in [7, 11) is 0. The molecule has 0 aromatic carbocycles. The van der Waals surface area contributed by atoms with Gasteiger partial charge in [-0.2, -0.15) is 0 Å². The van der Waals surface area contributed by atoms with E-state index in [1.54, 1.807) is 12.3 Å². The minimum Gasteiger partial charge on any atom is -0.481 e. The van der Waals surface area contributed by atoms with Crippen molar-refractivity contribution in [2.45, 2.75) is 13.5 Å². The van der Waals surface area contributed by atoms with Crippen molar-refractivity contribution in [2.24, 2.45) is 5.92 Å². The molecule has 2 aromatic heterocycles. The maximum absolute atomic E-state index is 11.7. The molecule has 1 unspecified atom stereocenters. The van der Waals surface area contributed by atoms with Crippen LogP contribution in [0.3, 0.4) is 0 Å². The van der Waals surface area contributed by atoms with E-state index < -0.39 is 11.9 Å². The average molecular weight is 222 g/mol. The van der Waals surface area contributed by atoms with Gasteiger partial charge in [0.25, 0.3) is 5.78 Å². The minimum absolute atomic E-state index is 0.0392. The number of carboxylic acid groups (broad SMARTS) is 1. The molecule has 16 heavy (non-hydrogen) atoms. The minimum atomic E-state index is -0.961. The first-order chi connectivity index (χ1) is 7.59. The fourth-order valence-corrected chi connectivity index (χ4v) is 1.32. The zero-order chi connectivity index (χ0) is 11.7. The Morgan fingerprint density at radius 1 is 1.62 bits per heavy atom. The summed E-state index contributed by atoms with van der Waals surface area (Å²) in [5.41, 5.74) is -0.379. The molecule has 2 aromatic rings. The summed E-state index contributed by atoms with van der Waals surface area (Å²) < 4.78 is 2.38. The van der Waals surface area contributed by atoms with Crippen LogP contribution in [0, 0.1) is 5.92 Å². The first kappa shape index (κ1) is 10.3. The van der Waals surface area contributed by atoms with Gasteiger partial charge in [-0.3, -0.25) is 4.79 Å². The molecule has 7 heteroatoms. The lowest BCUT2D eigenvalue weighted by Gasteiger charge is -2.03. The smallest absolute Gasteiger partial charge is 0.351 e. The highest BCUT2D eigenvalue weighted by atomic mass is 16.4. The van der Waals surface area contributed by atoms with Gasteiger partial charge >= 0.3 is 11.7 Å². The van der Waals surface area contributed by atoms with E-state index in [4.69, 9.17) is 5.11 Å². The molecule has 2 heterocycles. The van der Waals surface area contributed by atoms with Crippen molar-refractivity contribution in [3.63, 3.8) is 0 Å². The van der Waals surface area contributed by atoms with Crippen LogP contribution in [0.25, 0.3) is 5.78 Å². The number of aliphatic carboxylic acids is 1. The van der Waals surface area contributed by atoms with Crippen LogP contribution in [0.4, 0.5) is 0 Å². The SMILES string of the molecule is CC(Cn1nc2ncccn2c1=O)C(=O)O. The Bertz CT molecular complexity index is 586. The second-order valence-electron chi connectivity index (χ2n) is 3.49. The first-order valence-corrected chi connectivity index (χ1v) is 4.72. The van der Waals surface area contributed by atoms with E-state index in [0.717, 1.165) is 4.68 Å². The van der Waals surface area contributed by atoms with E-state index >= 15 is 0 Å². The van der Waals surface area contributed by atoms with E-state index in [1.165, 1.54) is 17.5 Å². The van der Waals surface area contributed by atoms with Crippen LogP contribution in [-0.2, 0) is 11.3 Å². The molecule has 0 fully saturated rings. The van der Waals surface area contributed by atoms with Gasteiger partial charge in [-0.1, -0.05) is 6.92 Å². The number of carbonyl (C=O) groups is 1. The summed E-state index contributed by atoms with van der Waals surface area (Å²) in [6.07, 6.45) is 3.06. The summed E-state index contributed by atoms with van der Waals surface area (Å²) in [5.74, 6) is -1.36. The predicted molar refractivity (Wildman–Crippen MR) is 54.0 cm³/mol. The monoisotopic (exact) mass is 222 g/mol. The summed E-state index contributed by atoms with van der Waals surface area (Å²) in [4.78, 5) is 26.3. The van der Waals surface area contributed by atoms with Gasteiger partial charge in [0.15, 0.2) is 0 Å². The Hall–Kier alpha value is -2.18. The van der Waals surface area contributed by atoms with E-state index in [0.29, 0.717) is 0 Å². The van der Waals surface area contributed by atoms with Crippen molar-refractivity contribution in [3.05, 3.63) is 28.9 Å². The molecular formula is C9H10N4O3. The van der Waals surface area contributed by atoms with Gasteiger partial charge in [0.2, 0.25) is 0 Å². The number of hydrogen-bond donors (Lipinski definition) is 1. The molecule has 0 radical (unpaired) electrons. The highest BCUT2D eigenvalue weighted by molar-refractivity contribution is 5.69. The van der Waals surface area contributed by atoms with Crippen LogP contribution in [-0.4, -0.2) is 30.2 Å². The Kier molecular flexibility index (Phi) is 2.43. The highest BCUT2D eigenvalue weighted by Gasteiger charge is 2.15. The number of rotatable bonds is 3. The largest absolute Gasteiger partial charge is 0.481 e. The normalized spacial score (nSPS) is 12.8. The Morgan fingerprint density at radius 3 is 3.00 bits per heavy atom. The first-order valence-electron chi connectivity index (χ1n) is 4.72. The summed E-state index contributed by atoms with van der Waals surface area (Å²) >= 11 is 0. The summed E-state index contributed by atoms with van der Waals surface area (Å²) in [6, 6.07) is 1.61. The van der Waals surface area contributed by atoms with Gasteiger partial charge in [-0.15, -0.1) is 5.10 Å². The lowest BCUT2D eigenvalue weighted by atomic mass is 10.2. The van der Waals surface area contributed by atoms with Crippen molar-refractivity contribution in [1.82, 2.24) is 19.2 Å². The Morgan fingerprint density at radius 2 is 2.38 bits per heavy atom. The lowest BCUT2D eigenvalue weighted by Crippen LogP contribution is -2.26. The van der Waals surface area contributed by atoms with Crippen molar-refractivity contribution in [3.8, 4) is 0 Å². The molecule has 0 aliphatic rings. The molecule has 0 spiro atoms. The second kappa shape index (κ2) is 3.76. The van der Waals surface area contributed by atoms with E-state index in [9.17, 15) is 9.59 Å². The second-order valence-corrected chi connectivity index (χ2v) is 3.49. The van der Waals surface area contributed by atoms with Crippen LogP contribution in [0.5, 0.6) is 0 Å². The van der Waals surface area contributed by atoms with Gasteiger partial charge in [0, 0.05) is 12.4 Å². The molecule has 7 nitrogen and oxygen atoms in total. The standard InChI is InChI=1S/C9H10N4O3/c1-6(7(14)15)5-13-9(16)12-4-2-3-10-8(12)11-13/h2-4,6H,5H2,1H3,(H,14,15). The van der Waals surface area contributed by atoms with Gasteiger partial charge in [-0.25, -0.2) is 18.9 Å². The fraction of sp³-hybridized carbons (Fsp3) is 0.333. The molecular weight excluding hydrogens is 212 g/mol. The molecule has 1 N–H and O–H groups in total. The average Bonchev–Trinajstić information content (AvgIpc) is 2.56. The van der Waals surface area contributed by atoms with Crippen LogP contribution >= 0.6 is 0 Å². The van der Waals surface area contributed by atoms with Crippen LogP contribution < -0.4 is 5.69 Å². The molecule has 1 atom stereocenters. The van der Waals surface area contributed by atoms with Crippen LogP contribution in [0.2, 0.25) is 0 Å². The maximum Gasteiger partial charge on any atom is 0.351 e. The number of nitrogens with zero attached hydrogens (tertiary/aromatic N) is 4. The Labute approximate surface area is 90.0 Å². The third kappa shape index (κ3) is 1.67. The van der Waals surface area contributed by atoms with Crippen molar-refractivity contribution in [1.29, 1.82) is 0 Å². The number of aromatic nitrogens is 4. The summed E-state index contributed by atoms with van der Waals surface area (Å²) in [5, 5.41) is 12.7. The molecule has 2 rings (SSSR count). The highest BCUT2D eigenvalue weighted by Crippen LogP contribution is 1.98. The number of fused-ring (bicyclic) bond motifs is 1. The molecule has 0 amide bonds. The fourth-order valence-electron chi connectivity index (χ4n) is 1.32. The molecule has 0 saturated heterocycles. The molecule has 0 aliphatic carbocycles. The molecule has 0 saturated carbocycles. The molecule has 84 valence electrons. The van der Waals surface area contributed by atoms with Crippen LogP contribution in [0.1, 0.15) is 6.92 Å². The summed E-state index contributed by atoms with van der Waals surface area (Å²) in [6.45, 7) is 1.56. The number of hydrogen-bond acceptors (Lipinski definition) is 4. The predicted octanol–water partition coefficient (Wildman–Crippen LogP) is -0.388. The molecule has 0 aliphatic heterocycles. The van der Waals surface area contributed by atoms with Gasteiger partial charge in [0.1, 0.15) is 0 Å². The zero-order valence-corrected chi connectivity index (χ0v) is 8.57. The molecule has 0 bridgehead atoms. The third-order valence-electron chi connectivity index (χ3n) is 2.23. The quantitative estimate of drug-likeness (QED) is 0.764. The van der Waals surface area contributed by atoms with Crippen molar-refractivity contribution >= 4 is 11.7 Å². The zero-order valence-electron chi connectivity index (χ0n) is 8.57. The van der Waals surface area contributed by atoms with Crippen LogP contribution in [0.15, 0.2) is 23.3 Å². The van der Waals surface area contributed by atoms with Gasteiger partial charge in [-0.05, 0) is 6.07 Å². The maximum atomic E-state index is 11.7. The lowest BCUT2D eigenvalue weighted by molar-refractivity contribution is -0.141. The Balaban J connectivity index is 2.42. The van der Waals surface area contributed by atoms with Crippen molar-refractivity contribution in [2.75, 3.05) is 0 Å². The topological polar surface area (TPSA) is 89.5 Å². The van der Waals surface area contributed by atoms with Gasteiger partial charge < -0.3 is 5.11 Å². The van der Waals surface area contributed by atoms with E-state index in [2.05, 4.69) is 10.1 Å². The van der Waals surface area contributed by atoms with E-state index in [-0.39, 0.29) is 18.0 Å². The third-order valence-corrected chi connectivity index (χ3v) is 2.23.